The highest BCUT2D eigenvalue weighted by Gasteiger charge is 2.13. The van der Waals surface area contributed by atoms with E-state index in [9.17, 15) is 4.39 Å². The summed E-state index contributed by atoms with van der Waals surface area (Å²) >= 11 is 0. The lowest BCUT2D eigenvalue weighted by atomic mass is 10.0. The molecule has 0 aromatic carbocycles. The second-order valence-corrected chi connectivity index (χ2v) is 4.18. The summed E-state index contributed by atoms with van der Waals surface area (Å²) in [5.74, 6) is 0.424. The fourth-order valence-electron chi connectivity index (χ4n) is 1.35. The molecular formula is C12H23FO. The first kappa shape index (κ1) is 13.6. The Morgan fingerprint density at radius 1 is 1.21 bits per heavy atom. The molecule has 0 N–H and O–H groups in total. The third kappa shape index (κ3) is 8.24. The first-order valence-corrected chi connectivity index (χ1v) is 5.43. The van der Waals surface area contributed by atoms with Crippen molar-refractivity contribution in [2.45, 2.75) is 52.8 Å². The average molecular weight is 202 g/mol. The van der Waals surface area contributed by atoms with E-state index < -0.39 is 6.17 Å². The standard InChI is InChI=1S/C12H23FO/c1-5-6-7-14-11(4)9-12(13)8-10(2)3/h5-6,10-12H,7-9H2,1-4H3/b6-5-/t11-,12-/m0/s1. The third-order valence-corrected chi connectivity index (χ3v) is 2.03. The molecule has 0 saturated heterocycles. The van der Waals surface area contributed by atoms with Crippen LogP contribution in [0.3, 0.4) is 0 Å². The van der Waals surface area contributed by atoms with Crippen molar-refractivity contribution in [3.63, 3.8) is 0 Å². The van der Waals surface area contributed by atoms with Gasteiger partial charge in [0.15, 0.2) is 0 Å². The van der Waals surface area contributed by atoms with Gasteiger partial charge in [0.05, 0.1) is 12.7 Å². The smallest absolute Gasteiger partial charge is 0.103 e. The van der Waals surface area contributed by atoms with Crippen LogP contribution in [0.2, 0.25) is 0 Å². The number of hydrogen-bond donors (Lipinski definition) is 0. The maximum absolute atomic E-state index is 13.3. The Morgan fingerprint density at radius 3 is 2.36 bits per heavy atom. The number of halogens is 1. The molecule has 0 radical (unpaired) electrons. The van der Waals surface area contributed by atoms with Crippen molar-refractivity contribution in [2.75, 3.05) is 6.61 Å². The summed E-state index contributed by atoms with van der Waals surface area (Å²) in [7, 11) is 0. The van der Waals surface area contributed by atoms with Gasteiger partial charge in [0, 0.05) is 6.42 Å². The number of rotatable bonds is 7. The van der Waals surface area contributed by atoms with E-state index in [0.29, 0.717) is 25.4 Å². The SMILES string of the molecule is C/C=C\CO[C@@H](C)C[C@@H](F)CC(C)C. The highest BCUT2D eigenvalue weighted by molar-refractivity contribution is 4.76. The zero-order valence-electron chi connectivity index (χ0n) is 9.79. The van der Waals surface area contributed by atoms with Crippen LogP contribution in [0.15, 0.2) is 12.2 Å². The maximum atomic E-state index is 13.3. The van der Waals surface area contributed by atoms with Crippen LogP contribution in [0, 0.1) is 5.92 Å². The van der Waals surface area contributed by atoms with Gasteiger partial charge in [0.1, 0.15) is 6.17 Å². The molecule has 2 atom stereocenters. The van der Waals surface area contributed by atoms with Crippen LogP contribution >= 0.6 is 0 Å². The van der Waals surface area contributed by atoms with Crippen molar-refractivity contribution < 1.29 is 9.13 Å². The van der Waals surface area contributed by atoms with Crippen molar-refractivity contribution in [3.8, 4) is 0 Å². The molecule has 0 amide bonds. The van der Waals surface area contributed by atoms with E-state index in [1.54, 1.807) is 0 Å². The number of hydrogen-bond acceptors (Lipinski definition) is 1. The van der Waals surface area contributed by atoms with Gasteiger partial charge in [-0.2, -0.15) is 0 Å². The lowest BCUT2D eigenvalue weighted by molar-refractivity contribution is 0.0576. The fourth-order valence-corrected chi connectivity index (χ4v) is 1.35. The van der Waals surface area contributed by atoms with Crippen molar-refractivity contribution in [1.82, 2.24) is 0 Å². The molecule has 14 heavy (non-hydrogen) atoms. The first-order valence-electron chi connectivity index (χ1n) is 5.43. The molecule has 0 heterocycles. The minimum Gasteiger partial charge on any atom is -0.374 e. The number of allylic oxidation sites excluding steroid dienone is 1. The summed E-state index contributed by atoms with van der Waals surface area (Å²) in [6.07, 6.45) is 4.31. The molecule has 0 aliphatic rings. The second kappa shape index (κ2) is 7.98. The van der Waals surface area contributed by atoms with Crippen LogP contribution in [-0.4, -0.2) is 18.9 Å². The predicted octanol–water partition coefficient (Wildman–Crippen LogP) is 3.74. The van der Waals surface area contributed by atoms with E-state index in [1.165, 1.54) is 0 Å². The fraction of sp³-hybridized carbons (Fsp3) is 0.833. The third-order valence-electron chi connectivity index (χ3n) is 2.03. The Kier molecular flexibility index (Phi) is 7.77. The van der Waals surface area contributed by atoms with E-state index in [-0.39, 0.29) is 6.10 Å². The molecule has 0 rings (SSSR count). The topological polar surface area (TPSA) is 9.23 Å². The van der Waals surface area contributed by atoms with E-state index in [0.717, 1.165) is 0 Å². The molecule has 0 aliphatic carbocycles. The van der Waals surface area contributed by atoms with Crippen LogP contribution < -0.4 is 0 Å². The van der Waals surface area contributed by atoms with Crippen molar-refractivity contribution >= 4 is 0 Å². The maximum Gasteiger partial charge on any atom is 0.103 e. The summed E-state index contributed by atoms with van der Waals surface area (Å²) < 4.78 is 18.7. The van der Waals surface area contributed by atoms with Crippen LogP contribution in [0.4, 0.5) is 4.39 Å². The highest BCUT2D eigenvalue weighted by atomic mass is 19.1. The molecule has 0 fully saturated rings. The van der Waals surface area contributed by atoms with Crippen LogP contribution in [0.25, 0.3) is 0 Å². The predicted molar refractivity (Wildman–Crippen MR) is 59.2 cm³/mol. The van der Waals surface area contributed by atoms with Crippen LogP contribution in [0.5, 0.6) is 0 Å². The second-order valence-electron chi connectivity index (χ2n) is 4.18. The van der Waals surface area contributed by atoms with Gasteiger partial charge in [-0.05, 0) is 26.2 Å². The summed E-state index contributed by atoms with van der Waals surface area (Å²) in [5, 5.41) is 0. The van der Waals surface area contributed by atoms with Gasteiger partial charge >= 0.3 is 0 Å². The molecule has 0 aliphatic heterocycles. The highest BCUT2D eigenvalue weighted by Crippen LogP contribution is 2.14. The zero-order valence-corrected chi connectivity index (χ0v) is 9.79. The Morgan fingerprint density at radius 2 is 1.86 bits per heavy atom. The Labute approximate surface area is 87.3 Å². The summed E-state index contributed by atoms with van der Waals surface area (Å²) in [5.41, 5.74) is 0. The van der Waals surface area contributed by atoms with Gasteiger partial charge in [-0.1, -0.05) is 26.0 Å². The summed E-state index contributed by atoms with van der Waals surface area (Å²) in [6, 6.07) is 0. The largest absolute Gasteiger partial charge is 0.374 e. The van der Waals surface area contributed by atoms with Gasteiger partial charge in [-0.15, -0.1) is 0 Å². The molecule has 0 unspecified atom stereocenters. The van der Waals surface area contributed by atoms with Gasteiger partial charge in [-0.25, -0.2) is 4.39 Å². The molecule has 0 aromatic heterocycles. The van der Waals surface area contributed by atoms with E-state index in [2.05, 4.69) is 0 Å². The van der Waals surface area contributed by atoms with Crippen molar-refractivity contribution in [1.29, 1.82) is 0 Å². The number of ether oxygens (including phenoxy) is 1. The van der Waals surface area contributed by atoms with E-state index in [4.69, 9.17) is 4.74 Å². The van der Waals surface area contributed by atoms with E-state index in [1.807, 2.05) is 39.8 Å². The normalized spacial score (nSPS) is 16.4. The van der Waals surface area contributed by atoms with Gasteiger partial charge in [0.25, 0.3) is 0 Å². The van der Waals surface area contributed by atoms with Crippen LogP contribution in [0.1, 0.15) is 40.5 Å². The molecule has 1 nitrogen and oxygen atoms in total. The lowest BCUT2D eigenvalue weighted by Gasteiger charge is -2.16. The monoisotopic (exact) mass is 202 g/mol. The average Bonchev–Trinajstić information content (AvgIpc) is 2.02. The first-order chi connectivity index (χ1) is 6.56. The summed E-state index contributed by atoms with van der Waals surface area (Å²) in [6.45, 7) is 8.54. The van der Waals surface area contributed by atoms with Gasteiger partial charge < -0.3 is 4.74 Å². The minimum absolute atomic E-state index is 0.0138. The molecule has 0 aromatic rings. The van der Waals surface area contributed by atoms with Gasteiger partial charge in [0.2, 0.25) is 0 Å². The van der Waals surface area contributed by atoms with E-state index >= 15 is 0 Å². The van der Waals surface area contributed by atoms with Crippen molar-refractivity contribution in [3.05, 3.63) is 12.2 Å². The molecule has 0 bridgehead atoms. The Balaban J connectivity index is 3.54. The lowest BCUT2D eigenvalue weighted by Crippen LogP contribution is -2.16. The van der Waals surface area contributed by atoms with Gasteiger partial charge in [-0.3, -0.25) is 0 Å². The quantitative estimate of drug-likeness (QED) is 0.571. The molecule has 84 valence electrons. The molecule has 0 saturated carbocycles. The Hall–Kier alpha value is -0.370. The van der Waals surface area contributed by atoms with Crippen molar-refractivity contribution in [2.24, 2.45) is 5.92 Å². The molecule has 0 spiro atoms. The number of alkyl halides is 1. The summed E-state index contributed by atoms with van der Waals surface area (Å²) in [4.78, 5) is 0. The minimum atomic E-state index is -0.726. The Bertz CT molecular complexity index is 154. The zero-order chi connectivity index (χ0) is 11.0. The van der Waals surface area contributed by atoms with Crippen LogP contribution in [-0.2, 0) is 4.74 Å². The molecular weight excluding hydrogens is 179 g/mol. The molecule has 2 heteroatoms.